The summed E-state index contributed by atoms with van der Waals surface area (Å²) < 4.78 is 10.8. The van der Waals surface area contributed by atoms with Gasteiger partial charge in [0.1, 0.15) is 12.7 Å². The van der Waals surface area contributed by atoms with E-state index in [2.05, 4.69) is 4.90 Å². The zero-order valence-electron chi connectivity index (χ0n) is 11.2. The summed E-state index contributed by atoms with van der Waals surface area (Å²) in [7, 11) is 2.03. The van der Waals surface area contributed by atoms with Crippen molar-refractivity contribution in [3.05, 3.63) is 29.8 Å². The zero-order chi connectivity index (χ0) is 13.7. The van der Waals surface area contributed by atoms with Crippen molar-refractivity contribution in [1.82, 2.24) is 4.90 Å². The predicted octanol–water partition coefficient (Wildman–Crippen LogP) is 0.685. The van der Waals surface area contributed by atoms with E-state index in [9.17, 15) is 4.79 Å². The van der Waals surface area contributed by atoms with Crippen LogP contribution in [0.2, 0.25) is 0 Å². The molecule has 2 N–H and O–H groups in total. The number of anilines is 1. The van der Waals surface area contributed by atoms with Gasteiger partial charge in [0.2, 0.25) is 0 Å². The van der Waals surface area contributed by atoms with Gasteiger partial charge in [0.25, 0.3) is 0 Å². The van der Waals surface area contributed by atoms with Gasteiger partial charge in [-0.1, -0.05) is 18.2 Å². The Kier molecular flexibility index (Phi) is 4.76. The Labute approximate surface area is 113 Å². The van der Waals surface area contributed by atoms with Gasteiger partial charge in [-0.3, -0.25) is 4.79 Å². The van der Waals surface area contributed by atoms with Crippen LogP contribution in [0.3, 0.4) is 0 Å². The Morgan fingerprint density at radius 3 is 3.05 bits per heavy atom. The van der Waals surface area contributed by atoms with Crippen LogP contribution in [-0.4, -0.2) is 50.3 Å². The van der Waals surface area contributed by atoms with Gasteiger partial charge in [-0.25, -0.2) is 0 Å². The molecule has 0 amide bonds. The SMILES string of the molecule is CN1CCOC(COC(=O)Cc2ccccc2N)C1. The molecular weight excluding hydrogens is 244 g/mol. The van der Waals surface area contributed by atoms with E-state index < -0.39 is 0 Å². The summed E-state index contributed by atoms with van der Waals surface area (Å²) in [6.45, 7) is 2.70. The highest BCUT2D eigenvalue weighted by Gasteiger charge is 2.19. The molecular formula is C14H20N2O3. The summed E-state index contributed by atoms with van der Waals surface area (Å²) in [5, 5.41) is 0. The average Bonchev–Trinajstić information content (AvgIpc) is 2.39. The minimum Gasteiger partial charge on any atom is -0.463 e. The van der Waals surface area contributed by atoms with E-state index >= 15 is 0 Å². The first kappa shape index (κ1) is 13.8. The van der Waals surface area contributed by atoms with Crippen LogP contribution in [0.25, 0.3) is 0 Å². The van der Waals surface area contributed by atoms with Crippen molar-refractivity contribution in [2.45, 2.75) is 12.5 Å². The zero-order valence-corrected chi connectivity index (χ0v) is 11.2. The first-order valence-corrected chi connectivity index (χ1v) is 6.44. The summed E-state index contributed by atoms with van der Waals surface area (Å²) in [5.74, 6) is -0.269. The molecule has 0 bridgehead atoms. The van der Waals surface area contributed by atoms with Crippen LogP contribution in [0.1, 0.15) is 5.56 Å². The van der Waals surface area contributed by atoms with Crippen molar-refractivity contribution in [2.75, 3.05) is 39.1 Å². The van der Waals surface area contributed by atoms with Gasteiger partial charge in [-0.2, -0.15) is 0 Å². The highest BCUT2D eigenvalue weighted by atomic mass is 16.6. The highest BCUT2D eigenvalue weighted by Crippen LogP contribution is 2.12. The third-order valence-corrected chi connectivity index (χ3v) is 3.16. The number of hydrogen-bond donors (Lipinski definition) is 1. The molecule has 0 radical (unpaired) electrons. The molecule has 1 atom stereocenters. The topological polar surface area (TPSA) is 64.8 Å². The van der Waals surface area contributed by atoms with Crippen LogP contribution in [0, 0.1) is 0 Å². The van der Waals surface area contributed by atoms with Crippen molar-refractivity contribution in [3.8, 4) is 0 Å². The molecule has 1 aromatic carbocycles. The van der Waals surface area contributed by atoms with E-state index in [0.717, 1.165) is 18.7 Å². The van der Waals surface area contributed by atoms with Crippen LogP contribution >= 0.6 is 0 Å². The number of rotatable bonds is 4. The molecule has 1 fully saturated rings. The Bertz CT molecular complexity index is 436. The van der Waals surface area contributed by atoms with Crippen LogP contribution in [0.4, 0.5) is 5.69 Å². The van der Waals surface area contributed by atoms with Crippen molar-refractivity contribution < 1.29 is 14.3 Å². The molecule has 1 unspecified atom stereocenters. The number of carbonyl (C=O) groups excluding carboxylic acids is 1. The molecule has 1 heterocycles. The molecule has 2 rings (SSSR count). The molecule has 5 nitrogen and oxygen atoms in total. The van der Waals surface area contributed by atoms with E-state index in [-0.39, 0.29) is 18.5 Å². The maximum atomic E-state index is 11.7. The fraction of sp³-hybridized carbons (Fsp3) is 0.500. The summed E-state index contributed by atoms with van der Waals surface area (Å²) in [4.78, 5) is 13.9. The average molecular weight is 264 g/mol. The normalized spacial score (nSPS) is 20.2. The van der Waals surface area contributed by atoms with Gasteiger partial charge in [0.15, 0.2) is 0 Å². The fourth-order valence-electron chi connectivity index (χ4n) is 2.06. The standard InChI is InChI=1S/C14H20N2O3/c1-16-6-7-18-12(9-16)10-19-14(17)8-11-4-2-3-5-13(11)15/h2-5,12H,6-10,15H2,1H3. The lowest BCUT2D eigenvalue weighted by atomic mass is 10.1. The molecule has 1 aliphatic rings. The molecule has 1 aromatic rings. The monoisotopic (exact) mass is 264 g/mol. The fourth-order valence-corrected chi connectivity index (χ4v) is 2.06. The Balaban J connectivity index is 1.77. The second-order valence-corrected chi connectivity index (χ2v) is 4.81. The number of benzene rings is 1. The summed E-state index contributed by atoms with van der Waals surface area (Å²) in [6.07, 6.45) is 0.172. The minimum absolute atomic E-state index is 0.0316. The van der Waals surface area contributed by atoms with E-state index in [0.29, 0.717) is 18.9 Å². The van der Waals surface area contributed by atoms with Gasteiger partial charge in [-0.15, -0.1) is 0 Å². The number of hydrogen-bond acceptors (Lipinski definition) is 5. The van der Waals surface area contributed by atoms with E-state index in [4.69, 9.17) is 15.2 Å². The number of para-hydroxylation sites is 1. The summed E-state index contributed by atoms with van der Waals surface area (Å²) in [5.41, 5.74) is 7.21. The van der Waals surface area contributed by atoms with Crippen molar-refractivity contribution in [2.24, 2.45) is 0 Å². The van der Waals surface area contributed by atoms with Crippen molar-refractivity contribution in [1.29, 1.82) is 0 Å². The third-order valence-electron chi connectivity index (χ3n) is 3.16. The third kappa shape index (κ3) is 4.22. The maximum Gasteiger partial charge on any atom is 0.310 e. The maximum absolute atomic E-state index is 11.7. The number of nitrogens with zero attached hydrogens (tertiary/aromatic N) is 1. The largest absolute Gasteiger partial charge is 0.463 e. The molecule has 0 spiro atoms. The van der Waals surface area contributed by atoms with E-state index in [1.165, 1.54) is 0 Å². The molecule has 1 saturated heterocycles. The molecule has 0 aliphatic carbocycles. The summed E-state index contributed by atoms with van der Waals surface area (Å²) in [6, 6.07) is 7.32. The molecule has 0 aromatic heterocycles. The quantitative estimate of drug-likeness (QED) is 0.640. The Morgan fingerprint density at radius 2 is 2.32 bits per heavy atom. The van der Waals surface area contributed by atoms with Gasteiger partial charge < -0.3 is 20.1 Å². The lowest BCUT2D eigenvalue weighted by Crippen LogP contribution is -2.42. The second kappa shape index (κ2) is 6.54. The molecule has 104 valence electrons. The molecule has 1 aliphatic heterocycles. The van der Waals surface area contributed by atoms with Gasteiger partial charge in [0.05, 0.1) is 13.0 Å². The number of esters is 1. The van der Waals surface area contributed by atoms with Crippen molar-refractivity contribution in [3.63, 3.8) is 0 Å². The Morgan fingerprint density at radius 1 is 1.53 bits per heavy atom. The number of carbonyl (C=O) groups is 1. The predicted molar refractivity (Wildman–Crippen MR) is 72.8 cm³/mol. The van der Waals surface area contributed by atoms with Gasteiger partial charge in [0, 0.05) is 18.8 Å². The number of nitrogens with two attached hydrogens (primary N) is 1. The second-order valence-electron chi connectivity index (χ2n) is 4.81. The van der Waals surface area contributed by atoms with Crippen LogP contribution < -0.4 is 5.73 Å². The number of morpholine rings is 1. The van der Waals surface area contributed by atoms with Crippen LogP contribution in [-0.2, 0) is 20.7 Å². The first-order valence-electron chi connectivity index (χ1n) is 6.44. The van der Waals surface area contributed by atoms with Gasteiger partial charge >= 0.3 is 5.97 Å². The number of likely N-dealkylation sites (N-methyl/N-ethyl adjacent to an activating group) is 1. The van der Waals surface area contributed by atoms with Crippen LogP contribution in [0.15, 0.2) is 24.3 Å². The van der Waals surface area contributed by atoms with E-state index in [1.54, 1.807) is 6.07 Å². The lowest BCUT2D eigenvalue weighted by molar-refractivity contribution is -0.149. The van der Waals surface area contributed by atoms with Gasteiger partial charge in [-0.05, 0) is 18.7 Å². The summed E-state index contributed by atoms with van der Waals surface area (Å²) >= 11 is 0. The highest BCUT2D eigenvalue weighted by molar-refractivity contribution is 5.74. The Hall–Kier alpha value is -1.59. The molecule has 5 heteroatoms. The van der Waals surface area contributed by atoms with Crippen molar-refractivity contribution >= 4 is 11.7 Å². The smallest absolute Gasteiger partial charge is 0.310 e. The minimum atomic E-state index is -0.269. The molecule has 19 heavy (non-hydrogen) atoms. The lowest BCUT2D eigenvalue weighted by Gasteiger charge is -2.29. The molecule has 0 saturated carbocycles. The number of ether oxygens (including phenoxy) is 2. The van der Waals surface area contributed by atoms with E-state index in [1.807, 2.05) is 25.2 Å². The first-order chi connectivity index (χ1) is 9.15. The van der Waals surface area contributed by atoms with Crippen LogP contribution in [0.5, 0.6) is 0 Å². The number of nitrogen functional groups attached to an aromatic ring is 1.